The van der Waals surface area contributed by atoms with Crippen LogP contribution in [0.1, 0.15) is 24.0 Å². The van der Waals surface area contributed by atoms with Gasteiger partial charge >= 0.3 is 11.9 Å². The Balaban J connectivity index is 1.43. The summed E-state index contributed by atoms with van der Waals surface area (Å²) in [6, 6.07) is 7.91. The molecule has 184 valence electrons. The van der Waals surface area contributed by atoms with Gasteiger partial charge in [-0.3, -0.25) is 0 Å². The molecule has 2 saturated carbocycles. The van der Waals surface area contributed by atoms with Gasteiger partial charge in [-0.2, -0.15) is 0 Å². The van der Waals surface area contributed by atoms with E-state index in [2.05, 4.69) is 0 Å². The average molecular weight is 484 g/mol. The van der Waals surface area contributed by atoms with Gasteiger partial charge in [-0.05, 0) is 54.0 Å². The minimum Gasteiger partial charge on any atom is -0.504 e. The molecule has 0 aliphatic heterocycles. The molecule has 5 atom stereocenters. The molecule has 0 spiro atoms. The van der Waals surface area contributed by atoms with Crippen molar-refractivity contribution in [2.75, 3.05) is 0 Å². The van der Waals surface area contributed by atoms with Crippen molar-refractivity contribution in [1.82, 2.24) is 0 Å². The quantitative estimate of drug-likeness (QED) is 0.201. The van der Waals surface area contributed by atoms with Crippen molar-refractivity contribution in [2.24, 2.45) is 5.92 Å². The van der Waals surface area contributed by atoms with Crippen LogP contribution in [0.15, 0.2) is 48.6 Å². The monoisotopic (exact) mass is 484 g/mol. The standard InChI is InChI=1S/C25H24O10/c26-16-5-1-13(9-18(16)28)3-7-21(30)34-20-12-25(33)11-15(25)23(32)24(20)35-22(31)8-4-14-2-6-17(27)19(29)10-14/h1-10,15,20,23-24,26-29,32-33H,11-12H2/b7-3+,8-4+/t15?,20-,23-,24+,25-/m1/s1. The number of phenolic OH excluding ortho intramolecular Hbond substituents is 4. The smallest absolute Gasteiger partial charge is 0.331 e. The molecule has 35 heavy (non-hydrogen) atoms. The SMILES string of the molecule is O=C(/C=C/c1ccc(O)c(O)c1)O[C@@H]1[C@H](O)C2C[C@@]2(O)C[C@H]1OC(=O)/C=C/c1ccc(O)c(O)c1. The van der Waals surface area contributed by atoms with Crippen LogP contribution in [-0.2, 0) is 19.1 Å². The van der Waals surface area contributed by atoms with Crippen molar-refractivity contribution in [3.05, 3.63) is 59.7 Å². The number of hydrogen-bond acceptors (Lipinski definition) is 10. The lowest BCUT2D eigenvalue weighted by Crippen LogP contribution is -2.51. The second kappa shape index (κ2) is 9.32. The Kier molecular flexibility index (Phi) is 6.42. The number of esters is 2. The Labute approximate surface area is 199 Å². The molecule has 0 radical (unpaired) electrons. The Morgan fingerprint density at radius 3 is 1.83 bits per heavy atom. The summed E-state index contributed by atoms with van der Waals surface area (Å²) in [5.41, 5.74) is -0.388. The van der Waals surface area contributed by atoms with Crippen molar-refractivity contribution >= 4 is 24.1 Å². The summed E-state index contributed by atoms with van der Waals surface area (Å²) in [4.78, 5) is 24.8. The predicted molar refractivity (Wildman–Crippen MR) is 121 cm³/mol. The third-order valence-electron chi connectivity index (χ3n) is 6.12. The summed E-state index contributed by atoms with van der Waals surface area (Å²) in [6.45, 7) is 0. The first-order valence-electron chi connectivity index (χ1n) is 10.8. The summed E-state index contributed by atoms with van der Waals surface area (Å²) in [7, 11) is 0. The number of benzene rings is 2. The van der Waals surface area contributed by atoms with Crippen LogP contribution in [0.3, 0.4) is 0 Å². The minimum atomic E-state index is -1.25. The highest BCUT2D eigenvalue weighted by atomic mass is 16.6. The number of aliphatic hydroxyl groups excluding tert-OH is 1. The second-order valence-electron chi connectivity index (χ2n) is 8.65. The van der Waals surface area contributed by atoms with Crippen LogP contribution in [0.4, 0.5) is 0 Å². The molecule has 10 heteroatoms. The van der Waals surface area contributed by atoms with Gasteiger partial charge in [-0.15, -0.1) is 0 Å². The van der Waals surface area contributed by atoms with E-state index in [0.29, 0.717) is 11.1 Å². The van der Waals surface area contributed by atoms with E-state index in [1.807, 2.05) is 0 Å². The molecule has 2 aliphatic carbocycles. The molecular formula is C25H24O10. The Morgan fingerprint density at radius 2 is 1.31 bits per heavy atom. The molecule has 0 heterocycles. The number of ether oxygens (including phenoxy) is 2. The van der Waals surface area contributed by atoms with E-state index < -0.39 is 41.8 Å². The van der Waals surface area contributed by atoms with Crippen molar-refractivity contribution in [3.8, 4) is 23.0 Å². The lowest BCUT2D eigenvalue weighted by Gasteiger charge is -2.35. The van der Waals surface area contributed by atoms with Gasteiger partial charge in [0.05, 0.1) is 5.60 Å². The maximum absolute atomic E-state index is 12.4. The summed E-state index contributed by atoms with van der Waals surface area (Å²) >= 11 is 0. The maximum atomic E-state index is 12.4. The zero-order valence-corrected chi connectivity index (χ0v) is 18.3. The molecule has 10 nitrogen and oxygen atoms in total. The molecule has 2 fully saturated rings. The number of hydrogen-bond donors (Lipinski definition) is 6. The number of rotatable bonds is 6. The number of fused-ring (bicyclic) bond motifs is 1. The highest BCUT2D eigenvalue weighted by Crippen LogP contribution is 2.54. The van der Waals surface area contributed by atoms with E-state index in [-0.39, 0.29) is 35.8 Å². The van der Waals surface area contributed by atoms with Crippen LogP contribution in [-0.4, -0.2) is 66.5 Å². The van der Waals surface area contributed by atoms with Gasteiger partial charge in [0.25, 0.3) is 0 Å². The van der Waals surface area contributed by atoms with Gasteiger partial charge in [0.1, 0.15) is 12.2 Å². The first-order chi connectivity index (χ1) is 16.6. The molecule has 1 unspecified atom stereocenters. The topological polar surface area (TPSA) is 174 Å². The van der Waals surface area contributed by atoms with E-state index in [1.165, 1.54) is 48.6 Å². The van der Waals surface area contributed by atoms with Crippen LogP contribution in [0.5, 0.6) is 23.0 Å². The fraction of sp³-hybridized carbons (Fsp3) is 0.280. The summed E-state index contributed by atoms with van der Waals surface area (Å²) in [5, 5.41) is 58.9. The number of aromatic hydroxyl groups is 4. The van der Waals surface area contributed by atoms with Crippen molar-refractivity contribution in [3.63, 3.8) is 0 Å². The molecule has 0 saturated heterocycles. The maximum Gasteiger partial charge on any atom is 0.331 e. The molecule has 2 aromatic carbocycles. The molecule has 2 aliphatic rings. The molecular weight excluding hydrogens is 460 g/mol. The molecule has 6 N–H and O–H groups in total. The zero-order valence-electron chi connectivity index (χ0n) is 18.3. The van der Waals surface area contributed by atoms with Gasteiger partial charge in [-0.25, -0.2) is 9.59 Å². The summed E-state index contributed by atoms with van der Waals surface area (Å²) in [5.74, 6) is -3.53. The van der Waals surface area contributed by atoms with Crippen LogP contribution < -0.4 is 0 Å². The number of carbonyl (C=O) groups is 2. The molecule has 0 aromatic heterocycles. The summed E-state index contributed by atoms with van der Waals surface area (Å²) < 4.78 is 10.8. The molecule has 0 bridgehead atoms. The van der Waals surface area contributed by atoms with Crippen molar-refractivity contribution in [1.29, 1.82) is 0 Å². The van der Waals surface area contributed by atoms with Gasteiger partial charge in [0.2, 0.25) is 0 Å². The summed E-state index contributed by atoms with van der Waals surface area (Å²) in [6.07, 6.45) is 1.47. The highest BCUT2D eigenvalue weighted by molar-refractivity contribution is 5.88. The van der Waals surface area contributed by atoms with Crippen molar-refractivity contribution in [2.45, 2.75) is 36.8 Å². The van der Waals surface area contributed by atoms with E-state index in [1.54, 1.807) is 0 Å². The molecule has 4 rings (SSSR count). The average Bonchev–Trinajstić information content (AvgIpc) is 3.49. The number of phenols is 4. The Bertz CT molecular complexity index is 1200. The lowest BCUT2D eigenvalue weighted by molar-refractivity contribution is -0.185. The normalized spacial score (nSPS) is 27.5. The minimum absolute atomic E-state index is 0.0260. The fourth-order valence-electron chi connectivity index (χ4n) is 4.14. The third-order valence-corrected chi connectivity index (χ3v) is 6.12. The second-order valence-corrected chi connectivity index (χ2v) is 8.65. The van der Waals surface area contributed by atoms with Crippen LogP contribution in [0.2, 0.25) is 0 Å². The Morgan fingerprint density at radius 1 is 0.800 bits per heavy atom. The Hall–Kier alpha value is -4.02. The lowest BCUT2D eigenvalue weighted by atomic mass is 9.89. The highest BCUT2D eigenvalue weighted by Gasteiger charge is 2.65. The van der Waals surface area contributed by atoms with E-state index >= 15 is 0 Å². The first kappa shape index (κ1) is 24.1. The fourth-order valence-corrected chi connectivity index (χ4v) is 4.14. The first-order valence-corrected chi connectivity index (χ1v) is 10.8. The molecule has 2 aromatic rings. The molecule has 0 amide bonds. The van der Waals surface area contributed by atoms with Gasteiger partial charge in [-0.1, -0.05) is 12.1 Å². The van der Waals surface area contributed by atoms with Crippen LogP contribution in [0, 0.1) is 5.92 Å². The van der Waals surface area contributed by atoms with E-state index in [9.17, 15) is 40.2 Å². The number of carbonyl (C=O) groups excluding carboxylic acids is 2. The third kappa shape index (κ3) is 5.39. The van der Waals surface area contributed by atoms with Crippen molar-refractivity contribution < 1.29 is 49.7 Å². The largest absolute Gasteiger partial charge is 0.504 e. The number of aliphatic hydroxyl groups is 2. The van der Waals surface area contributed by atoms with Crippen LogP contribution >= 0.6 is 0 Å². The zero-order chi connectivity index (χ0) is 25.3. The van der Waals surface area contributed by atoms with Gasteiger partial charge in [0, 0.05) is 24.5 Å². The van der Waals surface area contributed by atoms with Gasteiger partial charge in [0.15, 0.2) is 29.1 Å². The van der Waals surface area contributed by atoms with Gasteiger partial charge < -0.3 is 40.1 Å². The van der Waals surface area contributed by atoms with E-state index in [4.69, 9.17) is 9.47 Å². The predicted octanol–water partition coefficient (Wildman–Crippen LogP) is 1.57. The van der Waals surface area contributed by atoms with E-state index in [0.717, 1.165) is 12.2 Å². The van der Waals surface area contributed by atoms with Crippen LogP contribution in [0.25, 0.3) is 12.2 Å².